The number of hydrogen-bond donors (Lipinski definition) is 1. The summed E-state index contributed by atoms with van der Waals surface area (Å²) in [7, 11) is -3.69. The van der Waals surface area contributed by atoms with Gasteiger partial charge in [0.1, 0.15) is 6.04 Å². The van der Waals surface area contributed by atoms with Crippen LogP contribution >= 0.6 is 34.8 Å². The number of halogens is 3. The summed E-state index contributed by atoms with van der Waals surface area (Å²) in [5.74, 6) is -0.564. The third kappa shape index (κ3) is 8.56. The Labute approximate surface area is 222 Å². The molecule has 0 radical (unpaired) electrons. The number of carbonyl (C=O) groups is 2. The molecule has 2 aromatic carbocycles. The number of nitrogens with one attached hydrogen (secondary N) is 1. The van der Waals surface area contributed by atoms with Gasteiger partial charge in [-0.1, -0.05) is 59.9 Å². The van der Waals surface area contributed by atoms with Crippen molar-refractivity contribution in [2.45, 2.75) is 45.7 Å². The lowest BCUT2D eigenvalue weighted by molar-refractivity contribution is -0.140. The van der Waals surface area contributed by atoms with Crippen LogP contribution in [0.3, 0.4) is 0 Å². The van der Waals surface area contributed by atoms with E-state index in [1.165, 1.54) is 17.0 Å². The van der Waals surface area contributed by atoms with E-state index in [4.69, 9.17) is 34.8 Å². The maximum atomic E-state index is 13.3. The van der Waals surface area contributed by atoms with Gasteiger partial charge in [0, 0.05) is 36.1 Å². The Bertz CT molecular complexity index is 1140. The summed E-state index contributed by atoms with van der Waals surface area (Å²) in [6.45, 7) is 4.27. The van der Waals surface area contributed by atoms with E-state index in [1.54, 1.807) is 31.2 Å². The van der Waals surface area contributed by atoms with Crippen LogP contribution in [0.15, 0.2) is 42.5 Å². The molecule has 0 fully saturated rings. The fourth-order valence-corrected chi connectivity index (χ4v) is 5.05. The summed E-state index contributed by atoms with van der Waals surface area (Å²) in [4.78, 5) is 27.4. The molecule has 0 aliphatic carbocycles. The molecule has 2 rings (SSSR count). The van der Waals surface area contributed by atoms with Gasteiger partial charge in [-0.2, -0.15) is 0 Å². The van der Waals surface area contributed by atoms with Crippen LogP contribution in [-0.2, 0) is 26.2 Å². The first-order valence-corrected chi connectivity index (χ1v) is 14.2. The summed E-state index contributed by atoms with van der Waals surface area (Å²) < 4.78 is 26.0. The Kier molecular flexibility index (Phi) is 11.1. The van der Waals surface area contributed by atoms with Crippen LogP contribution in [0.25, 0.3) is 0 Å². The number of anilines is 1. The van der Waals surface area contributed by atoms with Crippen molar-refractivity contribution in [3.63, 3.8) is 0 Å². The largest absolute Gasteiger partial charge is 0.354 e. The Morgan fingerprint density at radius 2 is 1.74 bits per heavy atom. The average Bonchev–Trinajstić information content (AvgIpc) is 2.80. The minimum absolute atomic E-state index is 0.0139. The first-order chi connectivity index (χ1) is 16.5. The average molecular weight is 563 g/mol. The summed E-state index contributed by atoms with van der Waals surface area (Å²) in [5.41, 5.74) is 0.954. The minimum atomic E-state index is -3.69. The van der Waals surface area contributed by atoms with Crippen molar-refractivity contribution < 1.29 is 18.0 Å². The van der Waals surface area contributed by atoms with Crippen molar-refractivity contribution in [3.8, 4) is 0 Å². The molecule has 2 aromatic rings. The maximum absolute atomic E-state index is 13.3. The van der Waals surface area contributed by atoms with Crippen molar-refractivity contribution >= 4 is 62.3 Å². The van der Waals surface area contributed by atoms with Crippen molar-refractivity contribution in [3.05, 3.63) is 63.1 Å². The highest BCUT2D eigenvalue weighted by atomic mass is 35.5. The molecule has 7 nitrogen and oxygen atoms in total. The predicted molar refractivity (Wildman–Crippen MR) is 143 cm³/mol. The monoisotopic (exact) mass is 561 g/mol. The molecule has 0 spiro atoms. The third-order valence-electron chi connectivity index (χ3n) is 5.34. The number of amides is 2. The van der Waals surface area contributed by atoms with E-state index in [-0.39, 0.29) is 48.5 Å². The van der Waals surface area contributed by atoms with E-state index in [0.29, 0.717) is 22.2 Å². The molecule has 1 atom stereocenters. The van der Waals surface area contributed by atoms with E-state index in [9.17, 15) is 18.0 Å². The van der Waals surface area contributed by atoms with E-state index in [2.05, 4.69) is 5.32 Å². The molecule has 0 aliphatic rings. The van der Waals surface area contributed by atoms with Crippen molar-refractivity contribution in [1.82, 2.24) is 10.2 Å². The summed E-state index contributed by atoms with van der Waals surface area (Å²) >= 11 is 18.6. The topological polar surface area (TPSA) is 86.8 Å². The first-order valence-electron chi connectivity index (χ1n) is 11.2. The van der Waals surface area contributed by atoms with Crippen LogP contribution in [0.5, 0.6) is 0 Å². The summed E-state index contributed by atoms with van der Waals surface area (Å²) in [6.07, 6.45) is 2.05. The number of benzene rings is 2. The molecule has 1 N–H and O–H groups in total. The highest BCUT2D eigenvalue weighted by molar-refractivity contribution is 7.92. The van der Waals surface area contributed by atoms with Crippen LogP contribution in [0.4, 0.5) is 5.69 Å². The lowest BCUT2D eigenvalue weighted by Crippen LogP contribution is -2.48. The fourth-order valence-electron chi connectivity index (χ4n) is 3.45. The van der Waals surface area contributed by atoms with Crippen LogP contribution in [-0.4, -0.2) is 50.5 Å². The summed E-state index contributed by atoms with van der Waals surface area (Å²) in [5, 5.41) is 3.87. The quantitative estimate of drug-likeness (QED) is 0.388. The predicted octanol–water partition coefficient (Wildman–Crippen LogP) is 5.14. The smallest absolute Gasteiger partial charge is 0.242 e. The molecule has 0 heterocycles. The van der Waals surface area contributed by atoms with Gasteiger partial charge in [0.2, 0.25) is 21.8 Å². The Balaban J connectivity index is 2.20. The molecule has 0 aliphatic heterocycles. The first kappa shape index (κ1) is 29.2. The van der Waals surface area contributed by atoms with E-state index in [1.807, 2.05) is 13.0 Å². The maximum Gasteiger partial charge on any atom is 0.242 e. The molecule has 0 aromatic heterocycles. The van der Waals surface area contributed by atoms with Crippen LogP contribution in [0.2, 0.25) is 15.1 Å². The number of sulfonamides is 1. The van der Waals surface area contributed by atoms with Gasteiger partial charge in [-0.3, -0.25) is 13.9 Å². The molecular weight excluding hydrogens is 533 g/mol. The van der Waals surface area contributed by atoms with Gasteiger partial charge < -0.3 is 10.2 Å². The van der Waals surface area contributed by atoms with Crippen LogP contribution < -0.4 is 9.62 Å². The Morgan fingerprint density at radius 1 is 1.06 bits per heavy atom. The molecule has 11 heteroatoms. The molecule has 35 heavy (non-hydrogen) atoms. The van der Waals surface area contributed by atoms with Crippen LogP contribution in [0, 0.1) is 0 Å². The van der Waals surface area contributed by atoms with Gasteiger partial charge in [-0.25, -0.2) is 8.42 Å². The second-order valence-electron chi connectivity index (χ2n) is 8.11. The molecule has 0 saturated carbocycles. The SMILES string of the molecule is CCCNC(=O)C(C)N(Cc1ccccc1Cl)C(=O)CCCN(c1cc(Cl)ccc1Cl)S(C)(=O)=O. The fraction of sp³-hybridized carbons (Fsp3) is 0.417. The zero-order valence-electron chi connectivity index (χ0n) is 19.9. The number of carbonyl (C=O) groups excluding carboxylic acids is 2. The minimum Gasteiger partial charge on any atom is -0.354 e. The van der Waals surface area contributed by atoms with Crippen LogP contribution in [0.1, 0.15) is 38.7 Å². The number of hydrogen-bond acceptors (Lipinski definition) is 4. The van der Waals surface area contributed by atoms with E-state index >= 15 is 0 Å². The lowest BCUT2D eigenvalue weighted by Gasteiger charge is -2.30. The van der Waals surface area contributed by atoms with Gasteiger partial charge in [0.15, 0.2) is 0 Å². The summed E-state index contributed by atoms with van der Waals surface area (Å²) in [6, 6.07) is 10.9. The molecular formula is C24H30Cl3N3O4S. The standard InChI is InChI=1S/C24H30Cl3N3O4S/c1-4-13-28-24(32)17(2)29(16-18-8-5-6-9-20(18)26)23(31)10-7-14-30(35(3,33)34)22-15-19(25)11-12-21(22)27/h5-6,8-9,11-12,15,17H,4,7,10,13-14,16H2,1-3H3,(H,28,32). The second-order valence-corrected chi connectivity index (χ2v) is 11.3. The van der Waals surface area contributed by atoms with Gasteiger partial charge in [-0.15, -0.1) is 0 Å². The highest BCUT2D eigenvalue weighted by Gasteiger charge is 2.27. The molecule has 1 unspecified atom stereocenters. The van der Waals surface area contributed by atoms with Gasteiger partial charge >= 0.3 is 0 Å². The second kappa shape index (κ2) is 13.3. The van der Waals surface area contributed by atoms with Gasteiger partial charge in [0.05, 0.1) is 17.0 Å². The molecule has 2 amide bonds. The van der Waals surface area contributed by atoms with Crippen molar-refractivity contribution in [1.29, 1.82) is 0 Å². The Morgan fingerprint density at radius 3 is 2.37 bits per heavy atom. The van der Waals surface area contributed by atoms with E-state index < -0.39 is 16.1 Å². The molecule has 192 valence electrons. The highest BCUT2D eigenvalue weighted by Crippen LogP contribution is 2.31. The van der Waals surface area contributed by atoms with E-state index in [0.717, 1.165) is 17.0 Å². The molecule has 0 saturated heterocycles. The third-order valence-corrected chi connectivity index (χ3v) is 7.45. The van der Waals surface area contributed by atoms with Crippen molar-refractivity contribution in [2.75, 3.05) is 23.7 Å². The van der Waals surface area contributed by atoms with Gasteiger partial charge in [-0.05, 0) is 49.6 Å². The molecule has 0 bridgehead atoms. The Hall–Kier alpha value is -2.00. The lowest BCUT2D eigenvalue weighted by atomic mass is 10.1. The van der Waals surface area contributed by atoms with Gasteiger partial charge in [0.25, 0.3) is 0 Å². The number of rotatable bonds is 12. The zero-order valence-corrected chi connectivity index (χ0v) is 23.0. The number of nitrogens with zero attached hydrogens (tertiary/aromatic N) is 2. The van der Waals surface area contributed by atoms with Crippen molar-refractivity contribution in [2.24, 2.45) is 0 Å². The normalized spacial score (nSPS) is 12.2. The zero-order chi connectivity index (χ0) is 26.2.